The first-order valence-corrected chi connectivity index (χ1v) is 12.3. The Morgan fingerprint density at radius 2 is 1.68 bits per heavy atom. The van der Waals surface area contributed by atoms with E-state index in [9.17, 15) is 10.5 Å². The molecule has 2 atom stereocenters. The summed E-state index contributed by atoms with van der Waals surface area (Å²) in [6.45, 7) is 4.10. The lowest BCUT2D eigenvalue weighted by Crippen LogP contribution is -2.54. The zero-order valence-electron chi connectivity index (χ0n) is 21.0. The third kappa shape index (κ3) is 4.79. The molecule has 0 unspecified atom stereocenters. The van der Waals surface area contributed by atoms with E-state index in [0.29, 0.717) is 29.8 Å². The summed E-state index contributed by atoms with van der Waals surface area (Å²) >= 11 is 0. The molecule has 3 aromatic carbocycles. The van der Waals surface area contributed by atoms with E-state index in [2.05, 4.69) is 27.2 Å². The topological polar surface area (TPSA) is 89.7 Å². The lowest BCUT2D eigenvalue weighted by atomic mass is 9.71. The van der Waals surface area contributed by atoms with Gasteiger partial charge in [-0.05, 0) is 66.8 Å². The van der Waals surface area contributed by atoms with Crippen molar-refractivity contribution in [1.82, 2.24) is 15.1 Å². The van der Waals surface area contributed by atoms with Gasteiger partial charge in [-0.25, -0.2) is 8.78 Å². The lowest BCUT2D eigenvalue weighted by Gasteiger charge is -2.50. The van der Waals surface area contributed by atoms with Crippen molar-refractivity contribution in [2.75, 3.05) is 13.1 Å². The SMILES string of the molecule is CC(C)(F)[C@H](c1cccc(F)c1-c1nnco1)C1CN([C@@H](c2ccc(C#N)cc2)c2cccc(C#N)c2)C1. The Kier molecular flexibility index (Phi) is 6.75. The highest BCUT2D eigenvalue weighted by molar-refractivity contribution is 5.61. The molecular weight excluding hydrogens is 484 g/mol. The van der Waals surface area contributed by atoms with Crippen molar-refractivity contribution in [1.29, 1.82) is 10.5 Å². The molecule has 1 aromatic heterocycles. The van der Waals surface area contributed by atoms with Crippen LogP contribution in [0.4, 0.5) is 8.78 Å². The van der Waals surface area contributed by atoms with Crippen molar-refractivity contribution in [3.8, 4) is 23.6 Å². The molecule has 190 valence electrons. The Labute approximate surface area is 219 Å². The molecule has 38 heavy (non-hydrogen) atoms. The van der Waals surface area contributed by atoms with E-state index < -0.39 is 17.4 Å². The Morgan fingerprint density at radius 1 is 0.974 bits per heavy atom. The van der Waals surface area contributed by atoms with E-state index in [1.54, 1.807) is 30.3 Å². The van der Waals surface area contributed by atoms with Crippen LogP contribution < -0.4 is 0 Å². The van der Waals surface area contributed by atoms with Gasteiger partial charge in [0.15, 0.2) is 0 Å². The number of hydrogen-bond donors (Lipinski definition) is 0. The highest BCUT2D eigenvalue weighted by Gasteiger charge is 2.46. The third-order valence-electron chi connectivity index (χ3n) is 7.16. The highest BCUT2D eigenvalue weighted by atomic mass is 19.1. The smallest absolute Gasteiger partial charge is 0.250 e. The molecule has 1 saturated heterocycles. The van der Waals surface area contributed by atoms with Crippen LogP contribution in [0.3, 0.4) is 0 Å². The average Bonchev–Trinajstić information content (AvgIpc) is 3.41. The van der Waals surface area contributed by atoms with Crippen molar-refractivity contribution in [3.05, 3.63) is 107 Å². The van der Waals surface area contributed by atoms with E-state index in [4.69, 9.17) is 4.42 Å². The van der Waals surface area contributed by atoms with Crippen molar-refractivity contribution < 1.29 is 13.2 Å². The molecule has 0 spiro atoms. The largest absolute Gasteiger partial charge is 0.423 e. The summed E-state index contributed by atoms with van der Waals surface area (Å²) in [5, 5.41) is 26.3. The fraction of sp³-hybridized carbons (Fsp3) is 0.267. The molecule has 2 heterocycles. The quantitative estimate of drug-likeness (QED) is 0.296. The van der Waals surface area contributed by atoms with Gasteiger partial charge in [0.05, 0.1) is 34.9 Å². The van der Waals surface area contributed by atoms with Crippen molar-refractivity contribution in [2.45, 2.75) is 31.5 Å². The van der Waals surface area contributed by atoms with Gasteiger partial charge in [0.2, 0.25) is 6.39 Å². The molecule has 1 aliphatic heterocycles. The van der Waals surface area contributed by atoms with Crippen LogP contribution in [0.1, 0.15) is 53.6 Å². The van der Waals surface area contributed by atoms with Crippen LogP contribution in [0, 0.1) is 34.4 Å². The number of aromatic nitrogens is 2. The molecule has 0 N–H and O–H groups in total. The minimum Gasteiger partial charge on any atom is -0.423 e. The lowest BCUT2D eigenvalue weighted by molar-refractivity contribution is 0.00827. The second kappa shape index (κ2) is 10.2. The molecule has 1 fully saturated rings. The van der Waals surface area contributed by atoms with Gasteiger partial charge in [-0.15, -0.1) is 10.2 Å². The molecule has 5 rings (SSSR count). The third-order valence-corrected chi connectivity index (χ3v) is 7.16. The van der Waals surface area contributed by atoms with Gasteiger partial charge >= 0.3 is 0 Å². The fourth-order valence-corrected chi connectivity index (χ4v) is 5.59. The number of alkyl halides is 1. The summed E-state index contributed by atoms with van der Waals surface area (Å²) in [6.07, 6.45) is 1.13. The van der Waals surface area contributed by atoms with Gasteiger partial charge in [-0.1, -0.05) is 36.4 Å². The molecule has 0 bridgehead atoms. The van der Waals surface area contributed by atoms with E-state index >= 15 is 8.78 Å². The van der Waals surface area contributed by atoms with E-state index in [1.165, 1.54) is 19.9 Å². The molecule has 8 heteroatoms. The van der Waals surface area contributed by atoms with E-state index in [1.807, 2.05) is 30.3 Å². The van der Waals surface area contributed by atoms with Gasteiger partial charge in [0.25, 0.3) is 5.89 Å². The fourth-order valence-electron chi connectivity index (χ4n) is 5.59. The van der Waals surface area contributed by atoms with Gasteiger partial charge < -0.3 is 4.42 Å². The Balaban J connectivity index is 1.50. The summed E-state index contributed by atoms with van der Waals surface area (Å²) < 4.78 is 36.2. The number of nitriles is 2. The van der Waals surface area contributed by atoms with Gasteiger partial charge in [-0.3, -0.25) is 4.90 Å². The predicted octanol–water partition coefficient (Wildman–Crippen LogP) is 6.17. The summed E-state index contributed by atoms with van der Waals surface area (Å²) in [4.78, 5) is 2.22. The molecule has 1 aliphatic rings. The molecule has 0 amide bonds. The standard InChI is InChI=1S/C30H25F2N5O/c1-30(2,32)27(24-7-4-8-25(31)26(24)29-36-35-18-38-29)23-16-37(17-23)28(21-11-9-19(14-33)10-12-21)22-6-3-5-20(13-22)15-34/h3-13,18,23,27-28H,16-17H2,1-2H3/t27-,28-/m0/s1. The number of likely N-dealkylation sites (tertiary alicyclic amines) is 1. The monoisotopic (exact) mass is 509 g/mol. The van der Waals surface area contributed by atoms with Crippen LogP contribution in [0.25, 0.3) is 11.5 Å². The zero-order chi connectivity index (χ0) is 26.9. The Bertz CT molecular complexity index is 1510. The number of benzene rings is 3. The van der Waals surface area contributed by atoms with Crippen LogP contribution >= 0.6 is 0 Å². The average molecular weight is 510 g/mol. The maximum atomic E-state index is 15.8. The van der Waals surface area contributed by atoms with Crippen molar-refractivity contribution in [2.24, 2.45) is 5.92 Å². The van der Waals surface area contributed by atoms with Crippen molar-refractivity contribution >= 4 is 0 Å². The summed E-state index contributed by atoms with van der Waals surface area (Å²) in [6, 6.07) is 23.5. The zero-order valence-corrected chi connectivity index (χ0v) is 21.0. The second-order valence-corrected chi connectivity index (χ2v) is 10.1. The van der Waals surface area contributed by atoms with Crippen LogP contribution in [-0.2, 0) is 0 Å². The number of rotatable bonds is 7. The predicted molar refractivity (Wildman–Crippen MR) is 137 cm³/mol. The molecule has 6 nitrogen and oxygen atoms in total. The highest BCUT2D eigenvalue weighted by Crippen LogP contribution is 2.48. The minimum absolute atomic E-state index is 0.0207. The van der Waals surface area contributed by atoms with Crippen LogP contribution in [0.5, 0.6) is 0 Å². The normalized spacial score (nSPS) is 15.7. The second-order valence-electron chi connectivity index (χ2n) is 10.1. The van der Waals surface area contributed by atoms with Crippen LogP contribution in [0.2, 0.25) is 0 Å². The van der Waals surface area contributed by atoms with Crippen LogP contribution in [-0.4, -0.2) is 33.9 Å². The van der Waals surface area contributed by atoms with Gasteiger partial charge in [0, 0.05) is 19.0 Å². The van der Waals surface area contributed by atoms with Crippen LogP contribution in [0.15, 0.2) is 77.5 Å². The number of nitrogens with zero attached hydrogens (tertiary/aromatic N) is 5. The molecule has 0 saturated carbocycles. The summed E-state index contributed by atoms with van der Waals surface area (Å²) in [7, 11) is 0. The summed E-state index contributed by atoms with van der Waals surface area (Å²) in [5.74, 6) is -1.28. The maximum Gasteiger partial charge on any atom is 0.250 e. The van der Waals surface area contributed by atoms with Crippen molar-refractivity contribution in [3.63, 3.8) is 0 Å². The van der Waals surface area contributed by atoms with Gasteiger partial charge in [-0.2, -0.15) is 10.5 Å². The van der Waals surface area contributed by atoms with E-state index in [-0.39, 0.29) is 23.4 Å². The van der Waals surface area contributed by atoms with E-state index in [0.717, 1.165) is 17.5 Å². The molecule has 4 aromatic rings. The minimum atomic E-state index is -1.66. The number of hydrogen-bond acceptors (Lipinski definition) is 6. The maximum absolute atomic E-state index is 15.8. The first kappa shape index (κ1) is 25.3. The number of halogens is 2. The summed E-state index contributed by atoms with van der Waals surface area (Å²) in [5.41, 5.74) is 1.96. The molecular formula is C30H25F2N5O. The Hall–Kier alpha value is -4.40. The first-order valence-electron chi connectivity index (χ1n) is 12.3. The first-order chi connectivity index (χ1) is 18.3. The molecule has 0 radical (unpaired) electrons. The van der Waals surface area contributed by atoms with Gasteiger partial charge in [0.1, 0.15) is 11.5 Å². The Morgan fingerprint density at radius 3 is 2.32 bits per heavy atom. The molecule has 0 aliphatic carbocycles.